The second kappa shape index (κ2) is 10.2. The van der Waals surface area contributed by atoms with Crippen molar-refractivity contribution < 1.29 is 4.42 Å². The number of nitrogens with zero attached hydrogens (tertiary/aromatic N) is 4. The van der Waals surface area contributed by atoms with Crippen LogP contribution in [-0.4, -0.2) is 19.9 Å². The summed E-state index contributed by atoms with van der Waals surface area (Å²) in [5.74, 6) is 1.89. The molecule has 3 aromatic heterocycles. The van der Waals surface area contributed by atoms with E-state index in [1.807, 2.05) is 78.9 Å². The molecule has 0 aliphatic heterocycles. The van der Waals surface area contributed by atoms with E-state index in [9.17, 15) is 0 Å². The van der Waals surface area contributed by atoms with Crippen molar-refractivity contribution in [3.8, 4) is 45.4 Å². The van der Waals surface area contributed by atoms with Crippen molar-refractivity contribution in [2.24, 2.45) is 0 Å². The Balaban J connectivity index is 1.23. The van der Waals surface area contributed by atoms with Crippen LogP contribution in [0.5, 0.6) is 0 Å². The molecule has 9 aromatic rings. The minimum absolute atomic E-state index is 0.617. The Kier molecular flexibility index (Phi) is 5.74. The third-order valence-corrected chi connectivity index (χ3v) is 8.31. The molecular weight excluding hydrogens is 552 g/mol. The number of benzene rings is 6. The highest BCUT2D eigenvalue weighted by atomic mass is 16.3. The zero-order valence-corrected chi connectivity index (χ0v) is 24.1. The normalized spacial score (nSPS) is 11.6. The Morgan fingerprint density at radius 2 is 0.911 bits per heavy atom. The third kappa shape index (κ3) is 4.25. The first-order valence-corrected chi connectivity index (χ1v) is 14.9. The van der Waals surface area contributed by atoms with Gasteiger partial charge in [0, 0.05) is 27.6 Å². The van der Waals surface area contributed by atoms with E-state index in [0.29, 0.717) is 17.5 Å². The summed E-state index contributed by atoms with van der Waals surface area (Å²) >= 11 is 0. The van der Waals surface area contributed by atoms with Crippen LogP contribution in [0, 0.1) is 0 Å². The van der Waals surface area contributed by atoms with Gasteiger partial charge >= 0.3 is 0 Å². The number of fused-ring (bicyclic) bond motifs is 7. The van der Waals surface area contributed by atoms with Gasteiger partial charge in [-0.2, -0.15) is 0 Å². The van der Waals surface area contributed by atoms with Gasteiger partial charge in [0.15, 0.2) is 17.5 Å². The molecule has 0 amide bonds. The van der Waals surface area contributed by atoms with Crippen molar-refractivity contribution in [3.05, 3.63) is 146 Å². The van der Waals surface area contributed by atoms with E-state index in [0.717, 1.165) is 71.6 Å². The van der Waals surface area contributed by atoms with Gasteiger partial charge in [0.1, 0.15) is 11.2 Å². The molecule has 0 aliphatic carbocycles. The second-order valence-electron chi connectivity index (χ2n) is 11.1. The molecule has 0 radical (unpaired) electrons. The average Bonchev–Trinajstić information content (AvgIpc) is 3.51. The number of pyridine rings is 1. The second-order valence-corrected chi connectivity index (χ2v) is 11.1. The SMILES string of the molecule is c1ccc(-c2nc(-c3ccccc3)nc(-c3ccc(-c4nc5ccc6ccccc6c5c5oc6ccccc6c45)cc3)n2)cc1. The van der Waals surface area contributed by atoms with Gasteiger partial charge in [-0.1, -0.05) is 133 Å². The lowest BCUT2D eigenvalue weighted by atomic mass is 9.98. The van der Waals surface area contributed by atoms with Crippen LogP contribution in [0.3, 0.4) is 0 Å². The van der Waals surface area contributed by atoms with E-state index < -0.39 is 0 Å². The van der Waals surface area contributed by atoms with Gasteiger partial charge < -0.3 is 4.42 Å². The molecule has 5 nitrogen and oxygen atoms in total. The van der Waals surface area contributed by atoms with Crippen LogP contribution >= 0.6 is 0 Å². The van der Waals surface area contributed by atoms with E-state index in [4.69, 9.17) is 24.4 Å². The Labute approximate surface area is 258 Å². The quantitative estimate of drug-likeness (QED) is 0.195. The number of hydrogen-bond donors (Lipinski definition) is 0. The average molecular weight is 577 g/mol. The zero-order valence-electron chi connectivity index (χ0n) is 24.1. The van der Waals surface area contributed by atoms with Crippen molar-refractivity contribution in [2.45, 2.75) is 0 Å². The van der Waals surface area contributed by atoms with Crippen molar-refractivity contribution in [2.75, 3.05) is 0 Å². The summed E-state index contributed by atoms with van der Waals surface area (Å²) in [6.07, 6.45) is 0. The lowest BCUT2D eigenvalue weighted by Gasteiger charge is -2.10. The zero-order chi connectivity index (χ0) is 29.7. The standard InChI is InChI=1S/C40H24N4O/c1-3-12-27(13-4-1)38-42-39(28-14-5-2-6-15-28)44-40(43-38)29-21-19-26(20-22-29)36-35-31-17-9-10-18-33(31)45-37(35)34-30-16-8-7-11-25(30)23-24-32(34)41-36/h1-24H. The van der Waals surface area contributed by atoms with Crippen LogP contribution in [0.4, 0.5) is 0 Å². The van der Waals surface area contributed by atoms with E-state index in [2.05, 4.69) is 66.7 Å². The third-order valence-electron chi connectivity index (χ3n) is 8.31. The molecule has 0 saturated heterocycles. The van der Waals surface area contributed by atoms with Crippen molar-refractivity contribution in [3.63, 3.8) is 0 Å². The largest absolute Gasteiger partial charge is 0.455 e. The molecule has 6 aromatic carbocycles. The molecule has 0 atom stereocenters. The summed E-state index contributed by atoms with van der Waals surface area (Å²) in [5, 5.41) is 5.39. The fourth-order valence-electron chi connectivity index (χ4n) is 6.15. The van der Waals surface area contributed by atoms with Gasteiger partial charge in [-0.25, -0.2) is 19.9 Å². The summed E-state index contributed by atoms with van der Waals surface area (Å²) in [6.45, 7) is 0. The van der Waals surface area contributed by atoms with Gasteiger partial charge in [0.05, 0.1) is 22.0 Å². The molecule has 0 fully saturated rings. The van der Waals surface area contributed by atoms with E-state index in [1.54, 1.807) is 0 Å². The molecular formula is C40H24N4O. The van der Waals surface area contributed by atoms with Crippen LogP contribution in [0.25, 0.3) is 89.0 Å². The fourth-order valence-corrected chi connectivity index (χ4v) is 6.15. The number of para-hydroxylation sites is 1. The van der Waals surface area contributed by atoms with E-state index in [1.165, 1.54) is 0 Å². The molecule has 0 N–H and O–H groups in total. The number of aromatic nitrogens is 4. The van der Waals surface area contributed by atoms with Crippen molar-refractivity contribution >= 4 is 43.6 Å². The first-order chi connectivity index (χ1) is 22.3. The molecule has 3 heterocycles. The first kappa shape index (κ1) is 25.3. The monoisotopic (exact) mass is 576 g/mol. The fraction of sp³-hybridized carbons (Fsp3) is 0. The number of rotatable bonds is 4. The van der Waals surface area contributed by atoms with E-state index in [-0.39, 0.29) is 0 Å². The first-order valence-electron chi connectivity index (χ1n) is 14.9. The predicted octanol–water partition coefficient (Wildman–Crippen LogP) is 10.1. The molecule has 0 unspecified atom stereocenters. The lowest BCUT2D eigenvalue weighted by molar-refractivity contribution is 0.673. The maximum atomic E-state index is 6.57. The molecule has 0 saturated carbocycles. The Hall–Kier alpha value is -6.20. The maximum absolute atomic E-state index is 6.57. The van der Waals surface area contributed by atoms with Gasteiger partial charge in [-0.05, 0) is 22.9 Å². The van der Waals surface area contributed by atoms with Crippen LogP contribution in [-0.2, 0) is 0 Å². The van der Waals surface area contributed by atoms with Crippen molar-refractivity contribution in [1.29, 1.82) is 0 Å². The Morgan fingerprint density at radius 1 is 0.378 bits per heavy atom. The van der Waals surface area contributed by atoms with Gasteiger partial charge in [-0.3, -0.25) is 0 Å². The molecule has 0 bridgehead atoms. The smallest absolute Gasteiger partial charge is 0.164 e. The summed E-state index contributed by atoms with van der Waals surface area (Å²) in [6, 6.07) is 49.2. The summed E-state index contributed by atoms with van der Waals surface area (Å²) in [4.78, 5) is 19.9. The van der Waals surface area contributed by atoms with Crippen LogP contribution < -0.4 is 0 Å². The molecule has 45 heavy (non-hydrogen) atoms. The predicted molar refractivity (Wildman–Crippen MR) is 182 cm³/mol. The molecule has 9 rings (SSSR count). The highest BCUT2D eigenvalue weighted by Crippen LogP contribution is 2.41. The summed E-state index contributed by atoms with van der Waals surface area (Å²) in [5.41, 5.74) is 7.26. The lowest BCUT2D eigenvalue weighted by Crippen LogP contribution is -2.00. The summed E-state index contributed by atoms with van der Waals surface area (Å²) in [7, 11) is 0. The molecule has 210 valence electrons. The topological polar surface area (TPSA) is 64.7 Å². The van der Waals surface area contributed by atoms with Crippen LogP contribution in [0.15, 0.2) is 150 Å². The van der Waals surface area contributed by atoms with Crippen molar-refractivity contribution in [1.82, 2.24) is 19.9 Å². The number of hydrogen-bond acceptors (Lipinski definition) is 5. The molecule has 0 spiro atoms. The number of furan rings is 1. The minimum atomic E-state index is 0.617. The van der Waals surface area contributed by atoms with Gasteiger partial charge in [0.2, 0.25) is 0 Å². The van der Waals surface area contributed by atoms with Crippen LogP contribution in [0.1, 0.15) is 0 Å². The van der Waals surface area contributed by atoms with Crippen LogP contribution in [0.2, 0.25) is 0 Å². The molecule has 0 aliphatic rings. The minimum Gasteiger partial charge on any atom is -0.455 e. The summed E-state index contributed by atoms with van der Waals surface area (Å²) < 4.78 is 6.57. The van der Waals surface area contributed by atoms with E-state index >= 15 is 0 Å². The highest BCUT2D eigenvalue weighted by Gasteiger charge is 2.20. The van der Waals surface area contributed by atoms with Gasteiger partial charge in [-0.15, -0.1) is 0 Å². The molecule has 5 heteroatoms. The Bertz CT molecular complexity index is 2460. The Morgan fingerprint density at radius 3 is 1.58 bits per heavy atom. The maximum Gasteiger partial charge on any atom is 0.164 e. The highest BCUT2D eigenvalue weighted by molar-refractivity contribution is 6.25. The van der Waals surface area contributed by atoms with Gasteiger partial charge in [0.25, 0.3) is 0 Å².